The molecule has 3 rings (SSSR count). The van der Waals surface area contributed by atoms with Gasteiger partial charge in [-0.2, -0.15) is 0 Å². The van der Waals surface area contributed by atoms with Crippen molar-refractivity contribution < 1.29 is 19.4 Å². The monoisotopic (exact) mass is 354 g/mol. The number of rotatable bonds is 1. The standard InChI is InChI=1S/C20H22N2O4/c1-20(2,3)26-19(25)21-18(24)22-12-11-15-14(9-10-16(22)17(15)23)13-7-5-4-6-8-13/h4-10,23H,11-12H2,1-3H3,(H,21,24,25). The molecular weight excluding hydrogens is 332 g/mol. The lowest BCUT2D eigenvalue weighted by molar-refractivity contribution is 0.0549. The highest BCUT2D eigenvalue weighted by Gasteiger charge is 2.29. The molecule has 1 heterocycles. The number of ether oxygens (including phenoxy) is 1. The highest BCUT2D eigenvalue weighted by molar-refractivity contribution is 6.02. The lowest BCUT2D eigenvalue weighted by atomic mass is 9.93. The normalized spacial score (nSPS) is 13.3. The van der Waals surface area contributed by atoms with Gasteiger partial charge in [0.05, 0.1) is 5.69 Å². The number of phenolic OH excluding ortho intramolecular Hbond substituents is 1. The van der Waals surface area contributed by atoms with Crippen LogP contribution < -0.4 is 10.2 Å². The number of amides is 3. The van der Waals surface area contributed by atoms with Gasteiger partial charge in [0.15, 0.2) is 0 Å². The highest BCUT2D eigenvalue weighted by atomic mass is 16.6. The average molecular weight is 354 g/mol. The van der Waals surface area contributed by atoms with Gasteiger partial charge in [-0.1, -0.05) is 36.4 Å². The zero-order valence-electron chi connectivity index (χ0n) is 15.1. The first-order chi connectivity index (χ1) is 12.3. The minimum absolute atomic E-state index is 0.0666. The number of phenols is 1. The van der Waals surface area contributed by atoms with Crippen LogP contribution in [0.4, 0.5) is 15.3 Å². The molecule has 26 heavy (non-hydrogen) atoms. The number of nitrogens with one attached hydrogen (secondary N) is 1. The Morgan fingerprint density at radius 2 is 1.81 bits per heavy atom. The third kappa shape index (κ3) is 3.64. The average Bonchev–Trinajstić information content (AvgIpc) is 2.53. The summed E-state index contributed by atoms with van der Waals surface area (Å²) in [5.74, 6) is 0.0666. The van der Waals surface area contributed by atoms with Crippen LogP contribution in [-0.4, -0.2) is 29.4 Å². The number of hydrogen-bond donors (Lipinski definition) is 2. The predicted octanol–water partition coefficient (Wildman–Crippen LogP) is 4.07. The van der Waals surface area contributed by atoms with E-state index in [1.54, 1.807) is 26.8 Å². The minimum atomic E-state index is -0.811. The zero-order chi connectivity index (χ0) is 18.9. The third-order valence-electron chi connectivity index (χ3n) is 4.08. The van der Waals surface area contributed by atoms with Crippen LogP contribution >= 0.6 is 0 Å². The van der Waals surface area contributed by atoms with Crippen molar-refractivity contribution in [3.63, 3.8) is 0 Å². The van der Waals surface area contributed by atoms with Crippen LogP contribution in [0.2, 0.25) is 0 Å². The molecule has 136 valence electrons. The fraction of sp³-hybridized carbons (Fsp3) is 0.300. The smallest absolute Gasteiger partial charge is 0.415 e. The number of carbonyl (C=O) groups is 2. The van der Waals surface area contributed by atoms with E-state index in [9.17, 15) is 14.7 Å². The maximum absolute atomic E-state index is 12.4. The molecule has 0 unspecified atom stereocenters. The molecule has 0 fully saturated rings. The topological polar surface area (TPSA) is 78.9 Å². The number of imide groups is 1. The van der Waals surface area contributed by atoms with E-state index in [0.717, 1.165) is 16.7 Å². The summed E-state index contributed by atoms with van der Waals surface area (Å²) in [5.41, 5.74) is 2.44. The number of nitrogens with zero attached hydrogens (tertiary/aromatic N) is 1. The van der Waals surface area contributed by atoms with E-state index in [1.165, 1.54) is 4.90 Å². The fourth-order valence-electron chi connectivity index (χ4n) is 3.00. The van der Waals surface area contributed by atoms with E-state index in [-0.39, 0.29) is 5.75 Å². The van der Waals surface area contributed by atoms with Crippen LogP contribution in [0, 0.1) is 0 Å². The quantitative estimate of drug-likeness (QED) is 0.809. The van der Waals surface area contributed by atoms with Crippen molar-refractivity contribution in [1.82, 2.24) is 5.32 Å². The van der Waals surface area contributed by atoms with Gasteiger partial charge in [0.25, 0.3) is 0 Å². The Bertz CT molecular complexity index is 841. The van der Waals surface area contributed by atoms with Crippen molar-refractivity contribution in [3.8, 4) is 16.9 Å². The van der Waals surface area contributed by atoms with E-state index in [2.05, 4.69) is 5.32 Å². The molecule has 0 atom stereocenters. The summed E-state index contributed by atoms with van der Waals surface area (Å²) in [7, 11) is 0. The van der Waals surface area contributed by atoms with E-state index >= 15 is 0 Å². The maximum Gasteiger partial charge on any atom is 0.415 e. The van der Waals surface area contributed by atoms with Gasteiger partial charge in [0.2, 0.25) is 0 Å². The molecule has 0 saturated carbocycles. The number of carbonyl (C=O) groups excluding carboxylic acids is 2. The van der Waals surface area contributed by atoms with Crippen molar-refractivity contribution in [2.75, 3.05) is 11.4 Å². The van der Waals surface area contributed by atoms with E-state index in [1.807, 2.05) is 36.4 Å². The summed E-state index contributed by atoms with van der Waals surface area (Å²) in [5, 5.41) is 12.8. The van der Waals surface area contributed by atoms with Gasteiger partial charge in [0, 0.05) is 12.1 Å². The Morgan fingerprint density at radius 1 is 1.12 bits per heavy atom. The molecule has 0 radical (unpaired) electrons. The van der Waals surface area contributed by atoms with Gasteiger partial charge in [0.1, 0.15) is 11.4 Å². The van der Waals surface area contributed by atoms with Crippen molar-refractivity contribution >= 4 is 17.8 Å². The lowest BCUT2D eigenvalue weighted by Crippen LogP contribution is -2.46. The summed E-state index contributed by atoms with van der Waals surface area (Å²) < 4.78 is 5.10. The number of fused-ring (bicyclic) bond motifs is 2. The van der Waals surface area contributed by atoms with Gasteiger partial charge in [-0.3, -0.25) is 4.90 Å². The SMILES string of the molecule is CC(C)(C)OC(=O)NC(=O)N1CCc2c(-c3ccccc3)ccc1c2O. The number of benzene rings is 2. The first-order valence-electron chi connectivity index (χ1n) is 8.48. The molecule has 0 saturated heterocycles. The largest absolute Gasteiger partial charge is 0.505 e. The number of anilines is 1. The highest BCUT2D eigenvalue weighted by Crippen LogP contribution is 2.41. The molecule has 0 aliphatic carbocycles. The van der Waals surface area contributed by atoms with Gasteiger partial charge in [-0.05, 0) is 44.4 Å². The first-order valence-corrected chi connectivity index (χ1v) is 8.48. The molecule has 2 N–H and O–H groups in total. The van der Waals surface area contributed by atoms with Crippen molar-refractivity contribution in [2.24, 2.45) is 0 Å². The molecule has 2 aromatic rings. The minimum Gasteiger partial charge on any atom is -0.505 e. The molecule has 0 aromatic heterocycles. The summed E-state index contributed by atoms with van der Waals surface area (Å²) in [4.78, 5) is 25.6. The number of hydrogen-bond acceptors (Lipinski definition) is 4. The molecule has 6 nitrogen and oxygen atoms in total. The van der Waals surface area contributed by atoms with Crippen LogP contribution in [0.5, 0.6) is 5.75 Å². The molecule has 2 bridgehead atoms. The Balaban J connectivity index is 1.82. The molecule has 6 heteroatoms. The molecule has 0 spiro atoms. The second-order valence-electron chi connectivity index (χ2n) is 7.16. The Kier molecular flexibility index (Phi) is 4.59. The second-order valence-corrected chi connectivity index (χ2v) is 7.16. The number of alkyl carbamates (subject to hydrolysis) is 1. The molecular formula is C20H22N2O4. The van der Waals surface area contributed by atoms with Crippen LogP contribution in [-0.2, 0) is 11.2 Å². The summed E-state index contributed by atoms with van der Waals surface area (Å²) in [6.07, 6.45) is -0.320. The number of aromatic hydroxyl groups is 1. The Hall–Kier alpha value is -3.02. The summed E-state index contributed by atoms with van der Waals surface area (Å²) >= 11 is 0. The molecule has 1 aliphatic rings. The molecule has 3 amide bonds. The fourth-order valence-corrected chi connectivity index (χ4v) is 3.00. The molecule has 2 aromatic carbocycles. The van der Waals surface area contributed by atoms with Crippen LogP contribution in [0.1, 0.15) is 26.3 Å². The third-order valence-corrected chi connectivity index (χ3v) is 4.08. The van der Waals surface area contributed by atoms with Crippen molar-refractivity contribution in [3.05, 3.63) is 48.0 Å². The van der Waals surface area contributed by atoms with Gasteiger partial charge < -0.3 is 9.84 Å². The van der Waals surface area contributed by atoms with Gasteiger partial charge in [-0.25, -0.2) is 14.9 Å². The number of urea groups is 1. The maximum atomic E-state index is 12.4. The second kappa shape index (κ2) is 6.71. The Labute approximate surface area is 152 Å². The molecule has 1 aliphatic heterocycles. The van der Waals surface area contributed by atoms with Crippen molar-refractivity contribution in [2.45, 2.75) is 32.8 Å². The van der Waals surface area contributed by atoms with E-state index in [0.29, 0.717) is 18.7 Å². The van der Waals surface area contributed by atoms with E-state index < -0.39 is 17.7 Å². The summed E-state index contributed by atoms with van der Waals surface area (Å²) in [6, 6.07) is 12.7. The van der Waals surface area contributed by atoms with Gasteiger partial charge in [-0.15, -0.1) is 0 Å². The predicted molar refractivity (Wildman–Crippen MR) is 99.4 cm³/mol. The Morgan fingerprint density at radius 3 is 2.46 bits per heavy atom. The van der Waals surface area contributed by atoms with Crippen LogP contribution in [0.15, 0.2) is 42.5 Å². The first kappa shape index (κ1) is 17.8. The van der Waals surface area contributed by atoms with Gasteiger partial charge >= 0.3 is 12.1 Å². The van der Waals surface area contributed by atoms with Crippen molar-refractivity contribution in [1.29, 1.82) is 0 Å². The van der Waals surface area contributed by atoms with E-state index in [4.69, 9.17) is 4.74 Å². The van der Waals surface area contributed by atoms with Crippen LogP contribution in [0.25, 0.3) is 11.1 Å². The van der Waals surface area contributed by atoms with Crippen LogP contribution in [0.3, 0.4) is 0 Å². The lowest BCUT2D eigenvalue weighted by Gasteiger charge is -2.30. The zero-order valence-corrected chi connectivity index (χ0v) is 15.1. The summed E-state index contributed by atoms with van der Waals surface area (Å²) in [6.45, 7) is 5.53.